The molecule has 1 aliphatic carbocycles. The maximum atomic E-state index is 12.7. The Labute approximate surface area is 139 Å². The largest absolute Gasteiger partial charge is 0.399 e. The number of carbonyl (C=O) groups is 1. The molecule has 0 atom stereocenters. The van der Waals surface area contributed by atoms with E-state index in [0.717, 1.165) is 38.5 Å². The zero-order chi connectivity index (χ0) is 16.1. The molecule has 0 unspecified atom stereocenters. The number of nitrogen functional groups attached to an aromatic ring is 1. The minimum atomic E-state index is 0.122. The van der Waals surface area contributed by atoms with Crippen LogP contribution in [0.1, 0.15) is 48.9 Å². The van der Waals surface area contributed by atoms with Gasteiger partial charge in [-0.2, -0.15) is 0 Å². The lowest BCUT2D eigenvalue weighted by Crippen LogP contribution is -2.36. The second-order valence-corrected chi connectivity index (χ2v) is 7.08. The molecule has 1 saturated carbocycles. The minimum absolute atomic E-state index is 0.122. The first-order chi connectivity index (χ1) is 11.2. The highest BCUT2D eigenvalue weighted by molar-refractivity contribution is 5.95. The zero-order valence-corrected chi connectivity index (χ0v) is 14.0. The predicted octanol–water partition coefficient (Wildman–Crippen LogP) is 3.00. The molecular weight excluding hydrogens is 286 g/mol. The van der Waals surface area contributed by atoms with Crippen LogP contribution < -0.4 is 5.73 Å². The smallest absolute Gasteiger partial charge is 0.253 e. The van der Waals surface area contributed by atoms with Crippen molar-refractivity contribution in [2.24, 2.45) is 5.92 Å². The van der Waals surface area contributed by atoms with Crippen molar-refractivity contribution >= 4 is 11.6 Å². The molecule has 1 aliphatic heterocycles. The van der Waals surface area contributed by atoms with Crippen LogP contribution in [-0.2, 0) is 0 Å². The molecule has 4 heteroatoms. The fraction of sp³-hybridized carbons (Fsp3) is 0.632. The summed E-state index contributed by atoms with van der Waals surface area (Å²) in [7, 11) is 0. The van der Waals surface area contributed by atoms with Crippen molar-refractivity contribution in [1.82, 2.24) is 9.80 Å². The Bertz CT molecular complexity index is 525. The average Bonchev–Trinajstić information content (AvgIpc) is 2.81. The van der Waals surface area contributed by atoms with Crippen LogP contribution in [0.25, 0.3) is 0 Å². The Morgan fingerprint density at radius 3 is 2.65 bits per heavy atom. The van der Waals surface area contributed by atoms with Crippen molar-refractivity contribution in [2.75, 3.05) is 38.5 Å². The molecule has 4 nitrogen and oxygen atoms in total. The number of amides is 1. The molecule has 2 N–H and O–H groups in total. The highest BCUT2D eigenvalue weighted by Gasteiger charge is 2.22. The molecule has 126 valence electrons. The van der Waals surface area contributed by atoms with Gasteiger partial charge in [0.05, 0.1) is 0 Å². The maximum absolute atomic E-state index is 12.7. The first-order valence-corrected chi connectivity index (χ1v) is 9.09. The molecule has 1 aromatic rings. The summed E-state index contributed by atoms with van der Waals surface area (Å²) in [5, 5.41) is 0. The van der Waals surface area contributed by atoms with E-state index in [9.17, 15) is 4.79 Å². The van der Waals surface area contributed by atoms with E-state index in [1.54, 1.807) is 6.07 Å². The fourth-order valence-corrected chi connectivity index (χ4v) is 3.95. The first kappa shape index (κ1) is 16.3. The molecule has 23 heavy (non-hydrogen) atoms. The second kappa shape index (κ2) is 7.82. The van der Waals surface area contributed by atoms with Crippen molar-refractivity contribution < 1.29 is 4.79 Å². The van der Waals surface area contributed by atoms with E-state index < -0.39 is 0 Å². The van der Waals surface area contributed by atoms with Crippen LogP contribution in [0.2, 0.25) is 0 Å². The van der Waals surface area contributed by atoms with E-state index in [1.165, 1.54) is 38.6 Å². The maximum Gasteiger partial charge on any atom is 0.253 e. The van der Waals surface area contributed by atoms with Crippen LogP contribution in [0.15, 0.2) is 24.3 Å². The number of nitrogens with two attached hydrogens (primary N) is 1. The minimum Gasteiger partial charge on any atom is -0.399 e. The Hall–Kier alpha value is -1.55. The summed E-state index contributed by atoms with van der Waals surface area (Å²) >= 11 is 0. The number of hydrogen-bond donors (Lipinski definition) is 1. The molecule has 2 fully saturated rings. The van der Waals surface area contributed by atoms with E-state index in [-0.39, 0.29) is 5.91 Å². The topological polar surface area (TPSA) is 49.6 Å². The molecule has 1 heterocycles. The number of hydrogen-bond acceptors (Lipinski definition) is 3. The third-order valence-electron chi connectivity index (χ3n) is 5.25. The number of anilines is 1. The summed E-state index contributed by atoms with van der Waals surface area (Å²) in [4.78, 5) is 17.2. The average molecular weight is 315 g/mol. The lowest BCUT2D eigenvalue weighted by Gasteiger charge is -2.28. The molecular formula is C19H29N3O. The molecule has 0 bridgehead atoms. The van der Waals surface area contributed by atoms with E-state index in [0.29, 0.717) is 11.3 Å². The highest BCUT2D eigenvalue weighted by atomic mass is 16.2. The van der Waals surface area contributed by atoms with Crippen molar-refractivity contribution in [3.05, 3.63) is 29.8 Å². The van der Waals surface area contributed by atoms with Gasteiger partial charge in [0.2, 0.25) is 0 Å². The summed E-state index contributed by atoms with van der Waals surface area (Å²) < 4.78 is 0. The summed E-state index contributed by atoms with van der Waals surface area (Å²) in [6, 6.07) is 7.33. The van der Waals surface area contributed by atoms with Gasteiger partial charge in [0.1, 0.15) is 0 Å². The van der Waals surface area contributed by atoms with Crippen LogP contribution in [0, 0.1) is 5.92 Å². The van der Waals surface area contributed by atoms with Gasteiger partial charge >= 0.3 is 0 Å². The van der Waals surface area contributed by atoms with Crippen LogP contribution >= 0.6 is 0 Å². The molecule has 0 aromatic heterocycles. The summed E-state index contributed by atoms with van der Waals surface area (Å²) in [6.07, 6.45) is 8.07. The van der Waals surface area contributed by atoms with Gasteiger partial charge < -0.3 is 15.5 Å². The molecule has 1 amide bonds. The molecule has 2 aliphatic rings. The van der Waals surface area contributed by atoms with Crippen molar-refractivity contribution in [2.45, 2.75) is 38.5 Å². The standard InChI is InChI=1S/C19H29N3O/c20-18-9-4-8-17(14-18)19(23)22-11-5-10-21(12-13-22)15-16-6-2-1-3-7-16/h4,8-9,14,16H,1-3,5-7,10-13,15,20H2. The third kappa shape index (κ3) is 4.47. The highest BCUT2D eigenvalue weighted by Crippen LogP contribution is 2.24. The normalized spacial score (nSPS) is 21.1. The van der Waals surface area contributed by atoms with Crippen LogP contribution in [0.4, 0.5) is 5.69 Å². The van der Waals surface area contributed by atoms with Gasteiger partial charge in [-0.15, -0.1) is 0 Å². The van der Waals surface area contributed by atoms with Crippen molar-refractivity contribution in [3.8, 4) is 0 Å². The number of benzene rings is 1. The van der Waals surface area contributed by atoms with Gasteiger partial charge in [-0.25, -0.2) is 0 Å². The molecule has 0 spiro atoms. The van der Waals surface area contributed by atoms with Crippen LogP contribution in [0.5, 0.6) is 0 Å². The number of carbonyl (C=O) groups excluding carboxylic acids is 1. The van der Waals surface area contributed by atoms with Gasteiger partial charge in [0, 0.05) is 37.4 Å². The SMILES string of the molecule is Nc1cccc(C(=O)N2CCCN(CC3CCCCC3)CC2)c1. The van der Waals surface area contributed by atoms with E-state index >= 15 is 0 Å². The third-order valence-corrected chi connectivity index (χ3v) is 5.25. The molecule has 0 radical (unpaired) electrons. The second-order valence-electron chi connectivity index (χ2n) is 7.08. The van der Waals surface area contributed by atoms with Crippen molar-refractivity contribution in [3.63, 3.8) is 0 Å². The Morgan fingerprint density at radius 1 is 1.04 bits per heavy atom. The Morgan fingerprint density at radius 2 is 1.87 bits per heavy atom. The van der Waals surface area contributed by atoms with Gasteiger partial charge in [0.25, 0.3) is 5.91 Å². The van der Waals surface area contributed by atoms with Crippen LogP contribution in [0.3, 0.4) is 0 Å². The number of nitrogens with zero attached hydrogens (tertiary/aromatic N) is 2. The monoisotopic (exact) mass is 315 g/mol. The molecule has 1 aromatic carbocycles. The molecule has 3 rings (SSSR count). The molecule has 1 saturated heterocycles. The van der Waals surface area contributed by atoms with Gasteiger partial charge in [-0.05, 0) is 49.9 Å². The van der Waals surface area contributed by atoms with Crippen LogP contribution in [-0.4, -0.2) is 48.4 Å². The Balaban J connectivity index is 1.54. The van der Waals surface area contributed by atoms with Gasteiger partial charge in [-0.1, -0.05) is 25.3 Å². The quantitative estimate of drug-likeness (QED) is 0.872. The predicted molar refractivity (Wildman–Crippen MR) is 94.4 cm³/mol. The fourth-order valence-electron chi connectivity index (χ4n) is 3.95. The first-order valence-electron chi connectivity index (χ1n) is 9.09. The van der Waals surface area contributed by atoms with E-state index in [4.69, 9.17) is 5.73 Å². The lowest BCUT2D eigenvalue weighted by molar-refractivity contribution is 0.0760. The lowest BCUT2D eigenvalue weighted by atomic mass is 9.89. The van der Waals surface area contributed by atoms with Gasteiger partial charge in [0.15, 0.2) is 0 Å². The summed E-state index contributed by atoms with van der Waals surface area (Å²) in [5.74, 6) is 0.997. The summed E-state index contributed by atoms with van der Waals surface area (Å²) in [6.45, 7) is 5.04. The Kier molecular flexibility index (Phi) is 5.55. The number of rotatable bonds is 3. The zero-order valence-electron chi connectivity index (χ0n) is 14.0. The van der Waals surface area contributed by atoms with E-state index in [2.05, 4.69) is 4.90 Å². The van der Waals surface area contributed by atoms with Gasteiger partial charge in [-0.3, -0.25) is 4.79 Å². The summed E-state index contributed by atoms with van der Waals surface area (Å²) in [5.41, 5.74) is 7.17. The van der Waals surface area contributed by atoms with E-state index in [1.807, 2.05) is 23.1 Å². The van der Waals surface area contributed by atoms with Crippen molar-refractivity contribution in [1.29, 1.82) is 0 Å².